The summed E-state index contributed by atoms with van der Waals surface area (Å²) in [5, 5.41) is 0. The fourth-order valence-electron chi connectivity index (χ4n) is 0.848. The van der Waals surface area contributed by atoms with E-state index in [1.807, 2.05) is 32.9 Å². The lowest BCUT2D eigenvalue weighted by molar-refractivity contribution is 0.302. The molecule has 0 N–H and O–H groups in total. The summed E-state index contributed by atoms with van der Waals surface area (Å²) < 4.78 is 10.0. The molecule has 0 aliphatic carbocycles. The summed E-state index contributed by atoms with van der Waals surface area (Å²) in [4.78, 5) is 0. The van der Waals surface area contributed by atoms with Gasteiger partial charge in [-0.05, 0) is 38.5 Å². The quantitative estimate of drug-likeness (QED) is 0.491. The molecule has 0 saturated carbocycles. The van der Waals surface area contributed by atoms with Crippen molar-refractivity contribution in [1.82, 2.24) is 0 Å². The molecule has 0 aliphatic heterocycles. The maximum atomic E-state index is 5.22. The molecule has 0 aromatic rings. The Kier molecular flexibility index (Phi) is 5.77. The van der Waals surface area contributed by atoms with Gasteiger partial charge in [-0.1, -0.05) is 5.57 Å². The number of hydrogen-bond donors (Lipinski definition) is 0. The van der Waals surface area contributed by atoms with Crippen molar-refractivity contribution in [2.24, 2.45) is 0 Å². The largest absolute Gasteiger partial charge is 0.504 e. The first-order chi connectivity index (χ1) is 6.11. The minimum atomic E-state index is 0.869. The van der Waals surface area contributed by atoms with Gasteiger partial charge < -0.3 is 9.47 Å². The molecule has 0 saturated heterocycles. The SMILES string of the molecule is CO/C=C/C(C)=C(\C=C(C)C)OC. The van der Waals surface area contributed by atoms with E-state index in [1.54, 1.807) is 20.5 Å². The maximum Gasteiger partial charge on any atom is 0.121 e. The van der Waals surface area contributed by atoms with E-state index in [1.165, 1.54) is 5.57 Å². The van der Waals surface area contributed by atoms with Crippen molar-refractivity contribution in [2.45, 2.75) is 20.8 Å². The smallest absolute Gasteiger partial charge is 0.121 e. The summed E-state index contributed by atoms with van der Waals surface area (Å²) in [7, 11) is 3.29. The first kappa shape index (κ1) is 11.8. The lowest BCUT2D eigenvalue weighted by Crippen LogP contribution is -1.87. The van der Waals surface area contributed by atoms with Gasteiger partial charge in [-0.15, -0.1) is 0 Å². The zero-order valence-electron chi connectivity index (χ0n) is 9.05. The van der Waals surface area contributed by atoms with Gasteiger partial charge >= 0.3 is 0 Å². The fourth-order valence-corrected chi connectivity index (χ4v) is 0.848. The molecule has 0 aromatic carbocycles. The van der Waals surface area contributed by atoms with Crippen molar-refractivity contribution in [3.8, 4) is 0 Å². The summed E-state index contributed by atoms with van der Waals surface area (Å²) in [6, 6.07) is 0. The Hall–Kier alpha value is -1.18. The zero-order valence-corrected chi connectivity index (χ0v) is 9.05. The van der Waals surface area contributed by atoms with Gasteiger partial charge in [0.25, 0.3) is 0 Å². The van der Waals surface area contributed by atoms with Crippen LogP contribution in [0.3, 0.4) is 0 Å². The summed E-state index contributed by atoms with van der Waals surface area (Å²) >= 11 is 0. The highest BCUT2D eigenvalue weighted by molar-refractivity contribution is 5.28. The van der Waals surface area contributed by atoms with Crippen LogP contribution >= 0.6 is 0 Å². The molecule has 0 amide bonds. The molecular formula is C11H18O2. The molecule has 0 atom stereocenters. The number of hydrogen-bond acceptors (Lipinski definition) is 2. The number of methoxy groups -OCH3 is 2. The highest BCUT2D eigenvalue weighted by atomic mass is 16.5. The standard InChI is InChI=1S/C11H18O2/c1-9(2)8-11(13-5)10(3)6-7-12-4/h6-8H,1-5H3/b7-6+,11-10+. The highest BCUT2D eigenvalue weighted by Crippen LogP contribution is 2.10. The van der Waals surface area contributed by atoms with Crippen LogP contribution < -0.4 is 0 Å². The molecule has 0 bridgehead atoms. The second kappa shape index (κ2) is 6.35. The highest BCUT2D eigenvalue weighted by Gasteiger charge is 1.95. The lowest BCUT2D eigenvalue weighted by atomic mass is 10.2. The van der Waals surface area contributed by atoms with E-state index in [9.17, 15) is 0 Å². The van der Waals surface area contributed by atoms with Crippen LogP contribution in [0, 0.1) is 0 Å². The van der Waals surface area contributed by atoms with Gasteiger partial charge in [-0.2, -0.15) is 0 Å². The van der Waals surface area contributed by atoms with Crippen LogP contribution in [0.5, 0.6) is 0 Å². The second-order valence-corrected chi connectivity index (χ2v) is 3.01. The van der Waals surface area contributed by atoms with Gasteiger partial charge in [-0.3, -0.25) is 0 Å². The number of rotatable bonds is 4. The minimum Gasteiger partial charge on any atom is -0.504 e. The summed E-state index contributed by atoms with van der Waals surface area (Å²) in [5.74, 6) is 0.869. The van der Waals surface area contributed by atoms with Crippen molar-refractivity contribution in [3.63, 3.8) is 0 Å². The Morgan fingerprint density at radius 3 is 2.08 bits per heavy atom. The predicted molar refractivity (Wildman–Crippen MR) is 55.3 cm³/mol. The number of ether oxygens (including phenoxy) is 2. The molecule has 0 unspecified atom stereocenters. The third kappa shape index (κ3) is 5.12. The maximum absolute atomic E-state index is 5.22. The summed E-state index contributed by atoms with van der Waals surface area (Å²) in [6.07, 6.45) is 5.50. The van der Waals surface area contributed by atoms with Crippen LogP contribution in [0.25, 0.3) is 0 Å². The summed E-state index contributed by atoms with van der Waals surface area (Å²) in [5.41, 5.74) is 2.26. The molecule has 74 valence electrons. The third-order valence-corrected chi connectivity index (χ3v) is 1.48. The molecule has 0 heterocycles. The first-order valence-electron chi connectivity index (χ1n) is 4.21. The predicted octanol–water partition coefficient (Wildman–Crippen LogP) is 3.03. The van der Waals surface area contributed by atoms with E-state index >= 15 is 0 Å². The fraction of sp³-hybridized carbons (Fsp3) is 0.455. The Bertz CT molecular complexity index is 230. The van der Waals surface area contributed by atoms with E-state index in [0.29, 0.717) is 0 Å². The molecule has 0 spiro atoms. The molecule has 0 aliphatic rings. The zero-order chi connectivity index (χ0) is 10.3. The Morgan fingerprint density at radius 1 is 1.08 bits per heavy atom. The first-order valence-corrected chi connectivity index (χ1v) is 4.21. The van der Waals surface area contributed by atoms with E-state index in [4.69, 9.17) is 9.47 Å². The van der Waals surface area contributed by atoms with Gasteiger partial charge in [0.1, 0.15) is 5.76 Å². The normalized spacial score (nSPS) is 12.4. The van der Waals surface area contributed by atoms with Crippen molar-refractivity contribution in [3.05, 3.63) is 35.3 Å². The number of allylic oxidation sites excluding steroid dienone is 4. The van der Waals surface area contributed by atoms with Gasteiger partial charge in [0.05, 0.1) is 20.5 Å². The monoisotopic (exact) mass is 182 g/mol. The topological polar surface area (TPSA) is 18.5 Å². The summed E-state index contributed by atoms with van der Waals surface area (Å²) in [6.45, 7) is 6.05. The molecule has 13 heavy (non-hydrogen) atoms. The van der Waals surface area contributed by atoms with Crippen LogP contribution in [-0.4, -0.2) is 14.2 Å². The van der Waals surface area contributed by atoms with E-state index in [0.717, 1.165) is 11.3 Å². The lowest BCUT2D eigenvalue weighted by Gasteiger charge is -2.04. The van der Waals surface area contributed by atoms with Crippen molar-refractivity contribution in [2.75, 3.05) is 14.2 Å². The van der Waals surface area contributed by atoms with Crippen LogP contribution in [0.15, 0.2) is 35.3 Å². The van der Waals surface area contributed by atoms with Gasteiger partial charge in [-0.25, -0.2) is 0 Å². The van der Waals surface area contributed by atoms with E-state index < -0.39 is 0 Å². The molecule has 0 rings (SSSR count). The van der Waals surface area contributed by atoms with Gasteiger partial charge in [0.15, 0.2) is 0 Å². The van der Waals surface area contributed by atoms with Crippen LogP contribution in [0.2, 0.25) is 0 Å². The molecule has 0 radical (unpaired) electrons. The van der Waals surface area contributed by atoms with E-state index in [-0.39, 0.29) is 0 Å². The van der Waals surface area contributed by atoms with Gasteiger partial charge in [0.2, 0.25) is 0 Å². The molecular weight excluding hydrogens is 164 g/mol. The second-order valence-electron chi connectivity index (χ2n) is 3.01. The van der Waals surface area contributed by atoms with Crippen molar-refractivity contribution < 1.29 is 9.47 Å². The Morgan fingerprint density at radius 2 is 1.69 bits per heavy atom. The Balaban J connectivity index is 4.69. The van der Waals surface area contributed by atoms with E-state index in [2.05, 4.69) is 0 Å². The molecule has 2 heteroatoms. The minimum absolute atomic E-state index is 0.869. The average Bonchev–Trinajstić information content (AvgIpc) is 2.09. The van der Waals surface area contributed by atoms with Crippen LogP contribution in [-0.2, 0) is 9.47 Å². The van der Waals surface area contributed by atoms with Gasteiger partial charge in [0, 0.05) is 0 Å². The molecule has 0 fully saturated rings. The molecule has 0 aromatic heterocycles. The van der Waals surface area contributed by atoms with Crippen LogP contribution in [0.1, 0.15) is 20.8 Å². The average molecular weight is 182 g/mol. The Labute approximate surface area is 80.5 Å². The van der Waals surface area contributed by atoms with Crippen molar-refractivity contribution >= 4 is 0 Å². The third-order valence-electron chi connectivity index (χ3n) is 1.48. The van der Waals surface area contributed by atoms with Crippen molar-refractivity contribution in [1.29, 1.82) is 0 Å². The van der Waals surface area contributed by atoms with Crippen LogP contribution in [0.4, 0.5) is 0 Å². The molecule has 2 nitrogen and oxygen atoms in total.